The molecule has 1 aromatic carbocycles. The fraction of sp³-hybridized carbons (Fsp3) is 0.467. The Hall–Kier alpha value is -2.01. The second kappa shape index (κ2) is 5.96. The Labute approximate surface area is 116 Å². The molecular formula is C15H15F3N2. The summed E-state index contributed by atoms with van der Waals surface area (Å²) < 4.78 is 37.4. The molecule has 0 radical (unpaired) electrons. The average molecular weight is 280 g/mol. The number of benzene rings is 1. The zero-order chi connectivity index (χ0) is 15.4. The zero-order valence-electron chi connectivity index (χ0n) is 11.3. The number of nitrogens with zero attached hydrogens (tertiary/aromatic N) is 2. The van der Waals surface area contributed by atoms with Gasteiger partial charge in [0.15, 0.2) is 0 Å². The summed E-state index contributed by atoms with van der Waals surface area (Å²) in [7, 11) is 0. The van der Waals surface area contributed by atoms with Crippen molar-refractivity contribution in [2.45, 2.75) is 32.9 Å². The van der Waals surface area contributed by atoms with E-state index in [9.17, 15) is 23.7 Å². The fourth-order valence-corrected chi connectivity index (χ4v) is 2.12. The molecule has 0 amide bonds. The van der Waals surface area contributed by atoms with Crippen LogP contribution < -0.4 is 0 Å². The molecular weight excluding hydrogens is 265 g/mol. The SMILES string of the molecule is CC(C)CC(C#N)(C#N)Cc1ccc(C(F)(F)F)cc1. The van der Waals surface area contributed by atoms with Gasteiger partial charge < -0.3 is 0 Å². The van der Waals surface area contributed by atoms with E-state index in [1.807, 2.05) is 26.0 Å². The molecule has 0 atom stereocenters. The molecule has 0 aromatic heterocycles. The molecule has 1 aromatic rings. The van der Waals surface area contributed by atoms with Gasteiger partial charge in [-0.1, -0.05) is 26.0 Å². The van der Waals surface area contributed by atoms with Crippen molar-refractivity contribution >= 4 is 0 Å². The number of nitriles is 2. The molecule has 0 aliphatic carbocycles. The van der Waals surface area contributed by atoms with Crippen LogP contribution in [0.1, 0.15) is 31.4 Å². The van der Waals surface area contributed by atoms with E-state index in [2.05, 4.69) is 0 Å². The van der Waals surface area contributed by atoms with Crippen molar-refractivity contribution in [3.8, 4) is 12.1 Å². The highest BCUT2D eigenvalue weighted by molar-refractivity contribution is 5.29. The van der Waals surface area contributed by atoms with Crippen molar-refractivity contribution < 1.29 is 13.2 Å². The van der Waals surface area contributed by atoms with Crippen molar-refractivity contribution in [1.29, 1.82) is 10.5 Å². The molecule has 20 heavy (non-hydrogen) atoms. The van der Waals surface area contributed by atoms with Gasteiger partial charge in [0, 0.05) is 6.42 Å². The first kappa shape index (κ1) is 16.0. The van der Waals surface area contributed by atoms with E-state index in [0.29, 0.717) is 12.0 Å². The third-order valence-electron chi connectivity index (χ3n) is 2.97. The molecule has 1 rings (SSSR count). The number of rotatable bonds is 4. The van der Waals surface area contributed by atoms with E-state index >= 15 is 0 Å². The minimum absolute atomic E-state index is 0.135. The van der Waals surface area contributed by atoms with Crippen LogP contribution in [0.5, 0.6) is 0 Å². The summed E-state index contributed by atoms with van der Waals surface area (Å²) in [5.74, 6) is 0.156. The molecule has 5 heteroatoms. The van der Waals surface area contributed by atoms with E-state index in [-0.39, 0.29) is 12.3 Å². The molecule has 0 aliphatic heterocycles. The van der Waals surface area contributed by atoms with Gasteiger partial charge in [-0.2, -0.15) is 23.7 Å². The Morgan fingerprint density at radius 2 is 1.55 bits per heavy atom. The predicted octanol–water partition coefficient (Wildman–Crippen LogP) is 4.33. The Bertz CT molecular complexity index is 516. The number of halogens is 3. The molecule has 0 N–H and O–H groups in total. The third-order valence-corrected chi connectivity index (χ3v) is 2.97. The highest BCUT2D eigenvalue weighted by Gasteiger charge is 2.33. The summed E-state index contributed by atoms with van der Waals surface area (Å²) in [6.45, 7) is 3.80. The summed E-state index contributed by atoms with van der Waals surface area (Å²) >= 11 is 0. The Kier molecular flexibility index (Phi) is 4.78. The standard InChI is InChI=1S/C15H15F3N2/c1-11(2)7-14(9-19,10-20)8-12-3-5-13(6-4-12)15(16,17)18/h3-6,11H,7-8H2,1-2H3. The van der Waals surface area contributed by atoms with Gasteiger partial charge in [-0.25, -0.2) is 0 Å². The highest BCUT2D eigenvalue weighted by atomic mass is 19.4. The van der Waals surface area contributed by atoms with E-state index in [0.717, 1.165) is 12.1 Å². The molecule has 2 nitrogen and oxygen atoms in total. The van der Waals surface area contributed by atoms with Crippen LogP contribution in [0.2, 0.25) is 0 Å². The number of hydrogen-bond acceptors (Lipinski definition) is 2. The van der Waals surface area contributed by atoms with Gasteiger partial charge in [0.05, 0.1) is 17.7 Å². The monoisotopic (exact) mass is 280 g/mol. The second-order valence-corrected chi connectivity index (χ2v) is 5.28. The first-order chi connectivity index (χ1) is 9.22. The average Bonchev–Trinajstić information content (AvgIpc) is 2.37. The van der Waals surface area contributed by atoms with Crippen LogP contribution in [0.4, 0.5) is 13.2 Å². The van der Waals surface area contributed by atoms with Crippen molar-refractivity contribution in [3.05, 3.63) is 35.4 Å². The van der Waals surface area contributed by atoms with Gasteiger partial charge in [-0.3, -0.25) is 0 Å². The molecule has 0 fully saturated rings. The highest BCUT2D eigenvalue weighted by Crippen LogP contribution is 2.32. The summed E-state index contributed by atoms with van der Waals surface area (Å²) in [6.07, 6.45) is -3.85. The van der Waals surface area contributed by atoms with Crippen LogP contribution in [0, 0.1) is 34.0 Å². The van der Waals surface area contributed by atoms with Crippen LogP contribution >= 0.6 is 0 Å². The van der Waals surface area contributed by atoms with Crippen molar-refractivity contribution in [1.82, 2.24) is 0 Å². The summed E-state index contributed by atoms with van der Waals surface area (Å²) in [6, 6.07) is 8.62. The van der Waals surface area contributed by atoms with Crippen LogP contribution in [0.15, 0.2) is 24.3 Å². The quantitative estimate of drug-likeness (QED) is 0.824. The summed E-state index contributed by atoms with van der Waals surface area (Å²) in [4.78, 5) is 0. The second-order valence-electron chi connectivity index (χ2n) is 5.28. The third kappa shape index (κ3) is 3.99. The van der Waals surface area contributed by atoms with Gasteiger partial charge >= 0.3 is 6.18 Å². The molecule has 106 valence electrons. The molecule has 0 bridgehead atoms. The zero-order valence-corrected chi connectivity index (χ0v) is 11.3. The minimum atomic E-state index is -4.38. The van der Waals surface area contributed by atoms with Crippen LogP contribution in [-0.2, 0) is 12.6 Å². The van der Waals surface area contributed by atoms with Crippen molar-refractivity contribution in [3.63, 3.8) is 0 Å². The lowest BCUT2D eigenvalue weighted by Gasteiger charge is -2.21. The minimum Gasteiger partial charge on any atom is -0.197 e. The van der Waals surface area contributed by atoms with Crippen LogP contribution in [0.25, 0.3) is 0 Å². The van der Waals surface area contributed by atoms with E-state index in [1.165, 1.54) is 12.1 Å². The topological polar surface area (TPSA) is 47.6 Å². The smallest absolute Gasteiger partial charge is 0.197 e. The molecule has 0 aliphatic rings. The molecule has 0 heterocycles. The van der Waals surface area contributed by atoms with Gasteiger partial charge in [0.2, 0.25) is 0 Å². The van der Waals surface area contributed by atoms with Crippen molar-refractivity contribution in [2.75, 3.05) is 0 Å². The van der Waals surface area contributed by atoms with E-state index in [4.69, 9.17) is 0 Å². The normalized spacial score (nSPS) is 12.0. The van der Waals surface area contributed by atoms with Gasteiger partial charge in [-0.15, -0.1) is 0 Å². The Balaban J connectivity index is 2.97. The molecule has 0 saturated carbocycles. The molecule has 0 saturated heterocycles. The van der Waals surface area contributed by atoms with Crippen LogP contribution in [-0.4, -0.2) is 0 Å². The lowest BCUT2D eigenvalue weighted by Crippen LogP contribution is -2.22. The number of alkyl halides is 3. The fourth-order valence-electron chi connectivity index (χ4n) is 2.12. The van der Waals surface area contributed by atoms with Crippen molar-refractivity contribution in [2.24, 2.45) is 11.3 Å². The molecule has 0 unspecified atom stereocenters. The lowest BCUT2D eigenvalue weighted by atomic mass is 9.78. The maximum atomic E-state index is 12.5. The maximum Gasteiger partial charge on any atom is 0.416 e. The van der Waals surface area contributed by atoms with Crippen LogP contribution in [0.3, 0.4) is 0 Å². The van der Waals surface area contributed by atoms with E-state index < -0.39 is 17.2 Å². The molecule has 0 spiro atoms. The Morgan fingerprint density at radius 3 is 1.90 bits per heavy atom. The van der Waals surface area contributed by atoms with Gasteiger partial charge in [0.25, 0.3) is 0 Å². The number of hydrogen-bond donors (Lipinski definition) is 0. The first-order valence-electron chi connectivity index (χ1n) is 6.21. The first-order valence-corrected chi connectivity index (χ1v) is 6.21. The van der Waals surface area contributed by atoms with E-state index in [1.54, 1.807) is 0 Å². The summed E-state index contributed by atoms with van der Waals surface area (Å²) in [5.41, 5.74) is -1.36. The maximum absolute atomic E-state index is 12.5. The largest absolute Gasteiger partial charge is 0.416 e. The van der Waals surface area contributed by atoms with Gasteiger partial charge in [0.1, 0.15) is 5.41 Å². The Morgan fingerprint density at radius 1 is 1.05 bits per heavy atom. The van der Waals surface area contributed by atoms with Gasteiger partial charge in [-0.05, 0) is 30.0 Å². The predicted molar refractivity (Wildman–Crippen MR) is 68.3 cm³/mol. The lowest BCUT2D eigenvalue weighted by molar-refractivity contribution is -0.137. The summed E-state index contributed by atoms with van der Waals surface area (Å²) in [5, 5.41) is 18.4.